The van der Waals surface area contributed by atoms with Gasteiger partial charge in [0.15, 0.2) is 0 Å². The van der Waals surface area contributed by atoms with Crippen molar-refractivity contribution in [2.45, 2.75) is 68.4 Å². The standard InChI is InChI=1S/C55H49N7O6/c1-67-54(65)59-49(30-9-5-3-6-10-30)52(63)61-45-26-39(45)28-47(61)44-25-38-23-36(17-19-41(38)56-44)34-14-13-33-22-35(16-15-32(33)21-34)37-18-20-42-43(24-37)58-51(57-42)48-29-40-27-46(40)62(48)53(64)50(60-55(66)68-2)31-11-7-4-8-12-31/h3-24,39-40,45-50H,25-29H2,1-2H3,(H,57,58)(H,59,65)(H,60,66)/t39-,40-,45-,46-,47+,48+,49-,50-/m1/s1. The van der Waals surface area contributed by atoms with Crippen molar-refractivity contribution in [2.24, 2.45) is 16.8 Å². The normalized spacial score (nSPS) is 22.7. The Balaban J connectivity index is 0.753. The number of amides is 4. The van der Waals surface area contributed by atoms with Gasteiger partial charge in [0.05, 0.1) is 43.0 Å². The molecule has 8 atom stereocenters. The first-order chi connectivity index (χ1) is 33.2. The number of carbonyl (C=O) groups excluding carboxylic acids is 4. The molecule has 68 heavy (non-hydrogen) atoms. The highest BCUT2D eigenvalue weighted by Gasteiger charge is 2.57. The number of likely N-dealkylation sites (tertiary alicyclic amines) is 2. The zero-order chi connectivity index (χ0) is 46.2. The molecular weight excluding hydrogens is 855 g/mol. The topological polar surface area (TPSA) is 158 Å². The molecule has 2 aliphatic carbocycles. The van der Waals surface area contributed by atoms with Gasteiger partial charge in [0, 0.05) is 24.2 Å². The van der Waals surface area contributed by atoms with Crippen molar-refractivity contribution in [3.8, 4) is 22.3 Å². The lowest BCUT2D eigenvalue weighted by Crippen LogP contribution is -2.49. The lowest BCUT2D eigenvalue weighted by molar-refractivity contribution is -0.136. The number of aromatic amines is 1. The molecule has 340 valence electrons. The molecule has 0 spiro atoms. The third kappa shape index (κ3) is 7.42. The number of hydrogen-bond acceptors (Lipinski definition) is 8. The Morgan fingerprint density at radius 2 is 1.12 bits per heavy atom. The highest BCUT2D eigenvalue weighted by molar-refractivity contribution is 6.02. The monoisotopic (exact) mass is 903 g/mol. The molecule has 4 amide bonds. The van der Waals surface area contributed by atoms with Gasteiger partial charge in [-0.05, 0) is 124 Å². The number of nitrogens with one attached hydrogen (secondary N) is 3. The number of aromatic nitrogens is 2. The van der Waals surface area contributed by atoms with E-state index in [1.807, 2.05) is 76.5 Å². The molecule has 12 rings (SSSR count). The number of rotatable bonds is 10. The maximum atomic E-state index is 14.3. The Labute approximate surface area is 392 Å². The van der Waals surface area contributed by atoms with Crippen LogP contribution in [0.25, 0.3) is 44.1 Å². The van der Waals surface area contributed by atoms with E-state index in [1.54, 1.807) is 0 Å². The molecule has 1 aromatic heterocycles. The van der Waals surface area contributed by atoms with E-state index in [0.717, 1.165) is 98.1 Å². The minimum atomic E-state index is -0.875. The number of piperidine rings is 2. The van der Waals surface area contributed by atoms with Gasteiger partial charge in [0.1, 0.15) is 17.9 Å². The molecule has 4 fully saturated rings. The summed E-state index contributed by atoms with van der Waals surface area (Å²) in [6.07, 6.45) is 2.97. The van der Waals surface area contributed by atoms with E-state index < -0.39 is 24.3 Å². The molecule has 2 saturated carbocycles. The molecule has 3 aliphatic heterocycles. The predicted octanol–water partition coefficient (Wildman–Crippen LogP) is 9.52. The number of alkyl carbamates (subject to hydrolysis) is 2. The average molecular weight is 904 g/mol. The quantitative estimate of drug-likeness (QED) is 0.123. The zero-order valence-electron chi connectivity index (χ0n) is 37.6. The van der Waals surface area contributed by atoms with Crippen molar-refractivity contribution in [1.82, 2.24) is 30.4 Å². The van der Waals surface area contributed by atoms with E-state index in [-0.39, 0.29) is 36.0 Å². The molecular formula is C55H49N7O6. The zero-order valence-corrected chi connectivity index (χ0v) is 37.6. The Kier molecular flexibility index (Phi) is 10.1. The summed E-state index contributed by atoms with van der Waals surface area (Å²) in [7, 11) is 2.61. The highest BCUT2D eigenvalue weighted by atomic mass is 16.5. The van der Waals surface area contributed by atoms with Gasteiger partial charge in [-0.3, -0.25) is 14.6 Å². The Hall–Kier alpha value is -7.80. The van der Waals surface area contributed by atoms with Crippen LogP contribution in [0.15, 0.2) is 138 Å². The number of H-pyrrole nitrogens is 1. The van der Waals surface area contributed by atoms with E-state index in [0.29, 0.717) is 23.8 Å². The predicted molar refractivity (Wildman–Crippen MR) is 258 cm³/mol. The number of nitrogens with zero attached hydrogens (tertiary/aromatic N) is 4. The van der Waals surface area contributed by atoms with E-state index in [1.165, 1.54) is 14.2 Å². The first-order valence-corrected chi connectivity index (χ1v) is 23.4. The number of methoxy groups -OCH3 is 2. The number of carbonyl (C=O) groups is 4. The van der Waals surface area contributed by atoms with Gasteiger partial charge < -0.3 is 34.9 Å². The molecule has 7 aromatic rings. The molecule has 0 radical (unpaired) electrons. The van der Waals surface area contributed by atoms with Crippen molar-refractivity contribution in [1.29, 1.82) is 0 Å². The third-order valence-electron chi connectivity index (χ3n) is 14.8. The maximum absolute atomic E-state index is 14.3. The van der Waals surface area contributed by atoms with Crippen LogP contribution >= 0.6 is 0 Å². The molecule has 13 nitrogen and oxygen atoms in total. The fourth-order valence-electron chi connectivity index (χ4n) is 11.2. The highest BCUT2D eigenvalue weighted by Crippen LogP contribution is 2.54. The Morgan fingerprint density at radius 1 is 0.603 bits per heavy atom. The number of fused-ring (bicyclic) bond motifs is 5. The van der Waals surface area contributed by atoms with Gasteiger partial charge in [0.2, 0.25) is 0 Å². The maximum Gasteiger partial charge on any atom is 0.407 e. The van der Waals surface area contributed by atoms with E-state index in [2.05, 4.69) is 82.3 Å². The van der Waals surface area contributed by atoms with Gasteiger partial charge in [-0.25, -0.2) is 14.6 Å². The average Bonchev–Trinajstić information content (AvgIpc) is 4.04. The lowest BCUT2D eigenvalue weighted by Gasteiger charge is -2.31. The molecule has 6 aromatic carbocycles. The Morgan fingerprint density at radius 3 is 1.71 bits per heavy atom. The second-order valence-electron chi connectivity index (χ2n) is 18.8. The van der Waals surface area contributed by atoms with Gasteiger partial charge in [-0.2, -0.15) is 0 Å². The summed E-state index contributed by atoms with van der Waals surface area (Å²) in [6.45, 7) is 0. The SMILES string of the molecule is COC(=O)N[C@@H](C(=O)N1[C@@H]2C[C@@H]2C[C@H]1C1=Nc2ccc(-c3ccc4cc(-c5ccc6nc([C@@H]7C[C@H]8C[C@H]8N7C(=O)[C@H](NC(=O)OC)c7ccccc7)[nH]c6c5)ccc4c3)cc2C1)c1ccccc1. The second-order valence-corrected chi connectivity index (χ2v) is 18.8. The first-order valence-electron chi connectivity index (χ1n) is 23.4. The minimum Gasteiger partial charge on any atom is -0.453 e. The smallest absolute Gasteiger partial charge is 0.407 e. The fraction of sp³-hybridized carbons (Fsp3) is 0.273. The van der Waals surface area contributed by atoms with Crippen LogP contribution in [0.2, 0.25) is 0 Å². The minimum absolute atomic E-state index is 0.112. The van der Waals surface area contributed by atoms with E-state index in [9.17, 15) is 19.2 Å². The number of ether oxygens (including phenoxy) is 2. The van der Waals surface area contributed by atoms with Crippen LogP contribution in [0, 0.1) is 11.8 Å². The van der Waals surface area contributed by atoms with Crippen molar-refractivity contribution < 1.29 is 28.7 Å². The van der Waals surface area contributed by atoms with Crippen LogP contribution in [-0.4, -0.2) is 81.8 Å². The van der Waals surface area contributed by atoms with E-state index in [4.69, 9.17) is 19.5 Å². The number of aliphatic imine (C=N–C) groups is 1. The molecule has 4 heterocycles. The summed E-state index contributed by atoms with van der Waals surface area (Å²) >= 11 is 0. The fourth-order valence-corrected chi connectivity index (χ4v) is 11.2. The van der Waals surface area contributed by atoms with Crippen LogP contribution in [-0.2, 0) is 25.5 Å². The lowest BCUT2D eigenvalue weighted by atomic mass is 9.95. The first kappa shape index (κ1) is 41.6. The summed E-state index contributed by atoms with van der Waals surface area (Å²) in [5, 5.41) is 7.82. The van der Waals surface area contributed by atoms with Gasteiger partial charge in [0.25, 0.3) is 11.8 Å². The molecule has 3 N–H and O–H groups in total. The van der Waals surface area contributed by atoms with Crippen molar-refractivity contribution in [3.63, 3.8) is 0 Å². The number of benzene rings is 6. The van der Waals surface area contributed by atoms with Crippen LogP contribution in [0.3, 0.4) is 0 Å². The molecule has 13 heteroatoms. The summed E-state index contributed by atoms with van der Waals surface area (Å²) in [5.74, 6) is 1.29. The van der Waals surface area contributed by atoms with Crippen molar-refractivity contribution in [3.05, 3.63) is 156 Å². The molecule has 5 aliphatic rings. The van der Waals surface area contributed by atoms with Crippen LogP contribution < -0.4 is 10.6 Å². The van der Waals surface area contributed by atoms with E-state index >= 15 is 0 Å². The van der Waals surface area contributed by atoms with Gasteiger partial charge in [-0.1, -0.05) is 97.1 Å². The molecule has 0 bridgehead atoms. The summed E-state index contributed by atoms with van der Waals surface area (Å²) < 4.78 is 9.81. The van der Waals surface area contributed by atoms with Crippen molar-refractivity contribution >= 4 is 57.2 Å². The molecule has 0 unspecified atom stereocenters. The number of imidazole rings is 1. The molecule has 2 saturated heterocycles. The summed E-state index contributed by atoms with van der Waals surface area (Å²) in [5.41, 5.74) is 10.6. The van der Waals surface area contributed by atoms with Crippen LogP contribution in [0.5, 0.6) is 0 Å². The van der Waals surface area contributed by atoms with Crippen LogP contribution in [0.4, 0.5) is 15.3 Å². The largest absolute Gasteiger partial charge is 0.453 e. The number of hydrogen-bond donors (Lipinski definition) is 3. The van der Waals surface area contributed by atoms with Gasteiger partial charge >= 0.3 is 12.2 Å². The third-order valence-corrected chi connectivity index (χ3v) is 14.8. The van der Waals surface area contributed by atoms with Crippen LogP contribution in [0.1, 0.15) is 66.3 Å². The second kappa shape index (κ2) is 16.5. The summed E-state index contributed by atoms with van der Waals surface area (Å²) in [6, 6.07) is 42.6. The van der Waals surface area contributed by atoms with Gasteiger partial charge in [-0.15, -0.1) is 0 Å². The Bertz CT molecular complexity index is 3210. The van der Waals surface area contributed by atoms with Crippen molar-refractivity contribution in [2.75, 3.05) is 14.2 Å². The summed E-state index contributed by atoms with van der Waals surface area (Å²) in [4.78, 5) is 71.0.